The molecule has 0 aromatic carbocycles. The van der Waals surface area contributed by atoms with E-state index in [4.69, 9.17) is 33.6 Å². The van der Waals surface area contributed by atoms with Crippen molar-refractivity contribution in [3.63, 3.8) is 0 Å². The normalized spacial score (nSPS) is 9.67. The third-order valence-electron chi connectivity index (χ3n) is 0. The van der Waals surface area contributed by atoms with Crippen LogP contribution in [-0.4, -0.2) is 17.5 Å². The molecule has 12 heteroatoms. The van der Waals surface area contributed by atoms with Gasteiger partial charge in [-0.3, -0.25) is 9.11 Å². The van der Waals surface area contributed by atoms with Gasteiger partial charge >= 0.3 is 143 Å². The van der Waals surface area contributed by atoms with Gasteiger partial charge in [-0.25, -0.2) is 0 Å². The van der Waals surface area contributed by atoms with Crippen LogP contribution < -0.4 is 111 Å². The summed E-state index contributed by atoms with van der Waals surface area (Å²) in [7, 11) is -4.67. The van der Waals surface area contributed by atoms with Gasteiger partial charge in [-0.1, -0.05) is 0 Å². The van der Waals surface area contributed by atoms with E-state index in [2.05, 4.69) is 0 Å². The summed E-state index contributed by atoms with van der Waals surface area (Å²) in [5.74, 6) is 0. The molecule has 0 aliphatic heterocycles. The number of hydrogen-bond acceptors (Lipinski definition) is 6. The molecule has 0 radical (unpaired) electrons. The maximum atomic E-state index is 8.74. The summed E-state index contributed by atoms with van der Waals surface area (Å²) >= 11 is -5.62. The molecule has 0 fully saturated rings. The second-order valence-corrected chi connectivity index (χ2v) is 2.90. The van der Waals surface area contributed by atoms with Gasteiger partial charge in [-0.2, -0.15) is 8.42 Å². The summed E-state index contributed by atoms with van der Waals surface area (Å²) in [6.07, 6.45) is 0. The van der Waals surface area contributed by atoms with Crippen LogP contribution >= 0.6 is 0 Å². The molecule has 0 aliphatic carbocycles. The van der Waals surface area contributed by atoms with Gasteiger partial charge < -0.3 is 0 Å². The summed E-state index contributed by atoms with van der Waals surface area (Å²) in [6.45, 7) is 0. The zero-order valence-electron chi connectivity index (χ0n) is 6.13. The Hall–Kier alpha value is 3.18. The fraction of sp³-hybridized carbons (Fsp3) is 0. The molecule has 0 amide bonds. The molecule has 0 bridgehead atoms. The average molecular weight is 295 g/mol. The van der Waals surface area contributed by atoms with Crippen LogP contribution in [0, 0.1) is 0 Å². The summed E-state index contributed by atoms with van der Waals surface area (Å²) in [5, 5.41) is 0. The van der Waals surface area contributed by atoms with Gasteiger partial charge in [0.1, 0.15) is 0 Å². The van der Waals surface area contributed by atoms with Gasteiger partial charge in [0.15, 0.2) is 0 Å². The molecule has 0 rings (SSSR count). The molecule has 0 aliphatic rings. The Labute approximate surface area is 156 Å². The van der Waals surface area contributed by atoms with Crippen LogP contribution in [0.1, 0.15) is 0 Å². The van der Waals surface area contributed by atoms with Crippen LogP contribution in [-0.2, 0) is 31.4 Å². The van der Waals surface area contributed by atoms with Gasteiger partial charge in [0.05, 0.1) is 0 Å². The Bertz CT molecular complexity index is 213. The van der Waals surface area contributed by atoms with Gasteiger partial charge in [0.2, 0.25) is 0 Å². The predicted molar refractivity (Wildman–Crippen MR) is 15.6 cm³/mol. The first kappa shape index (κ1) is 24.4. The quantitative estimate of drug-likeness (QED) is 0.329. The van der Waals surface area contributed by atoms with E-state index in [0.717, 1.165) is 0 Å². The van der Waals surface area contributed by atoms with E-state index >= 15 is 0 Å². The molecule has 2 N–H and O–H groups in total. The van der Waals surface area contributed by atoms with Gasteiger partial charge in [-0.05, 0) is 0 Å². The Morgan fingerprint density at radius 3 is 1.00 bits per heavy atom. The first-order valence-corrected chi connectivity index (χ1v) is 4.64. The third kappa shape index (κ3) is 193. The van der Waals surface area contributed by atoms with Crippen molar-refractivity contribution in [1.29, 1.82) is 0 Å². The summed E-state index contributed by atoms with van der Waals surface area (Å²) in [4.78, 5) is 0. The Morgan fingerprint density at radius 1 is 1.00 bits per heavy atom. The van der Waals surface area contributed by atoms with E-state index < -0.39 is 23.8 Å². The van der Waals surface area contributed by atoms with Crippen LogP contribution in [0.15, 0.2) is 0 Å². The molecular weight excluding hydrogens is 293 g/mol. The fourth-order valence-electron chi connectivity index (χ4n) is 0. The molecule has 0 unspecified atom stereocenters. The Balaban J connectivity index is -0.0000000457. The number of hydrogen-bond donors (Lipinski definition) is 2. The number of rotatable bonds is 0. The van der Waals surface area contributed by atoms with Crippen molar-refractivity contribution in [3.8, 4) is 0 Å². The monoisotopic (exact) mass is 295 g/mol. The predicted octanol–water partition coefficient (Wildman–Crippen LogP) is -9.26. The van der Waals surface area contributed by atoms with Crippen LogP contribution in [0.4, 0.5) is 0 Å². The Morgan fingerprint density at radius 2 is 1.00 bits per heavy atom. The second kappa shape index (κ2) is 10.7. The SMILES string of the molecule is O=S(=O)(O)O.[K+].[K+].[O]=[Mn](=[O])([O-])[O-]. The van der Waals surface area contributed by atoms with E-state index in [1.54, 1.807) is 0 Å². The fourth-order valence-corrected chi connectivity index (χ4v) is 0. The van der Waals surface area contributed by atoms with Crippen molar-refractivity contribution < 1.29 is 150 Å². The summed E-state index contributed by atoms with van der Waals surface area (Å²) in [5.41, 5.74) is 0. The van der Waals surface area contributed by atoms with E-state index in [9.17, 15) is 0 Å². The third-order valence-corrected chi connectivity index (χ3v) is 0. The van der Waals surface area contributed by atoms with Crippen LogP contribution in [0.5, 0.6) is 0 Å². The van der Waals surface area contributed by atoms with Crippen molar-refractivity contribution in [2.45, 2.75) is 0 Å². The standard InChI is InChI=1S/2K.Mn.H2O4S.4O/c;;;1-5(2,3)4;;;;/h;;;(H2,1,2,3,4);;;;/q2*+1;;;;;2*-1. The van der Waals surface area contributed by atoms with Crippen molar-refractivity contribution in [3.05, 3.63) is 0 Å². The van der Waals surface area contributed by atoms with E-state index in [1.807, 2.05) is 0 Å². The van der Waals surface area contributed by atoms with Gasteiger partial charge in [0.25, 0.3) is 0 Å². The average Bonchev–Trinajstić information content (AvgIpc) is 1.12. The van der Waals surface area contributed by atoms with Crippen LogP contribution in [0.2, 0.25) is 0 Å². The summed E-state index contributed by atoms with van der Waals surface area (Å²) in [6, 6.07) is 0. The minimum absolute atomic E-state index is 0. The molecule has 0 spiro atoms. The Kier molecular flexibility index (Phi) is 21.8. The molecule has 0 aromatic rings. The van der Waals surface area contributed by atoms with Crippen molar-refractivity contribution in [2.75, 3.05) is 0 Å². The molecule has 0 heterocycles. The maximum absolute atomic E-state index is 8.74. The van der Waals surface area contributed by atoms with E-state index in [1.165, 1.54) is 0 Å². The first-order chi connectivity index (χ1) is 4.00. The topological polar surface area (TPSA) is 155 Å². The molecular formula is H2K2MnO8S. The zero-order chi connectivity index (χ0) is 9.00. The molecule has 12 heavy (non-hydrogen) atoms. The van der Waals surface area contributed by atoms with Crippen molar-refractivity contribution in [2.24, 2.45) is 0 Å². The van der Waals surface area contributed by atoms with Gasteiger partial charge in [0, 0.05) is 0 Å². The van der Waals surface area contributed by atoms with Crippen molar-refractivity contribution >= 4 is 10.4 Å². The first-order valence-electron chi connectivity index (χ1n) is 1.32. The second-order valence-electron chi connectivity index (χ2n) is 0.826. The van der Waals surface area contributed by atoms with Crippen LogP contribution in [0.3, 0.4) is 0 Å². The van der Waals surface area contributed by atoms with Gasteiger partial charge in [-0.15, -0.1) is 0 Å². The molecule has 8 nitrogen and oxygen atoms in total. The van der Waals surface area contributed by atoms with E-state index in [0.29, 0.717) is 0 Å². The van der Waals surface area contributed by atoms with E-state index in [-0.39, 0.29) is 103 Å². The molecule has 0 saturated heterocycles. The van der Waals surface area contributed by atoms with Crippen molar-refractivity contribution in [1.82, 2.24) is 0 Å². The molecule has 0 aromatic heterocycles. The minimum atomic E-state index is -5.62. The zero-order valence-corrected chi connectivity index (χ0v) is 14.4. The molecule has 0 saturated carbocycles. The molecule has 65 valence electrons. The summed E-state index contributed by atoms with van der Waals surface area (Å²) < 4.78 is 65.9. The van der Waals surface area contributed by atoms with Crippen LogP contribution in [0.25, 0.3) is 0 Å². The molecule has 0 atom stereocenters.